The maximum Gasteiger partial charge on any atom is 0.335 e. The molecule has 1 aliphatic rings. The molecule has 0 spiro atoms. The predicted octanol–water partition coefficient (Wildman–Crippen LogP) is 2.98. The summed E-state index contributed by atoms with van der Waals surface area (Å²) in [6.45, 7) is 0. The van der Waals surface area contributed by atoms with Gasteiger partial charge in [0.2, 0.25) is 11.8 Å². The first-order valence-corrected chi connectivity index (χ1v) is 9.55. The smallest absolute Gasteiger partial charge is 0.335 e. The summed E-state index contributed by atoms with van der Waals surface area (Å²) in [7, 11) is 3.19. The SMILES string of the molecule is COc1cccc(N=C2S[C@H](CC(=O)Nc3ccc(C(=O)O)cc3)C(=O)N2C)c1. The van der Waals surface area contributed by atoms with Crippen LogP contribution in [-0.4, -0.2) is 52.4 Å². The lowest BCUT2D eigenvalue weighted by atomic mass is 10.2. The summed E-state index contributed by atoms with van der Waals surface area (Å²) in [6, 6.07) is 13.0. The van der Waals surface area contributed by atoms with Crippen LogP contribution in [0.25, 0.3) is 0 Å². The summed E-state index contributed by atoms with van der Waals surface area (Å²) in [5.41, 5.74) is 1.24. The van der Waals surface area contributed by atoms with Gasteiger partial charge in [-0.1, -0.05) is 17.8 Å². The normalized spacial score (nSPS) is 17.4. The number of anilines is 1. The zero-order valence-electron chi connectivity index (χ0n) is 15.8. The molecule has 150 valence electrons. The van der Waals surface area contributed by atoms with Crippen molar-refractivity contribution < 1.29 is 24.2 Å². The average Bonchev–Trinajstić information content (AvgIpc) is 2.96. The van der Waals surface area contributed by atoms with Gasteiger partial charge in [0, 0.05) is 25.2 Å². The van der Waals surface area contributed by atoms with E-state index in [0.29, 0.717) is 22.3 Å². The molecular formula is C20H19N3O5S. The lowest BCUT2D eigenvalue weighted by Crippen LogP contribution is -2.30. The Morgan fingerprint density at radius 2 is 1.97 bits per heavy atom. The van der Waals surface area contributed by atoms with E-state index in [-0.39, 0.29) is 23.8 Å². The molecule has 1 atom stereocenters. The fourth-order valence-corrected chi connectivity index (χ4v) is 3.82. The highest BCUT2D eigenvalue weighted by molar-refractivity contribution is 8.15. The van der Waals surface area contributed by atoms with Gasteiger partial charge in [-0.3, -0.25) is 14.5 Å². The fourth-order valence-electron chi connectivity index (χ4n) is 2.66. The van der Waals surface area contributed by atoms with E-state index in [1.54, 1.807) is 38.4 Å². The molecule has 0 unspecified atom stereocenters. The van der Waals surface area contributed by atoms with Gasteiger partial charge in [-0.15, -0.1) is 0 Å². The summed E-state index contributed by atoms with van der Waals surface area (Å²) in [4.78, 5) is 41.6. The zero-order valence-corrected chi connectivity index (χ0v) is 16.6. The minimum atomic E-state index is -1.04. The minimum absolute atomic E-state index is 0.0222. The van der Waals surface area contributed by atoms with Crippen LogP contribution < -0.4 is 10.1 Å². The van der Waals surface area contributed by atoms with Crippen molar-refractivity contribution >= 4 is 46.1 Å². The number of amides is 2. The van der Waals surface area contributed by atoms with Crippen LogP contribution in [0.1, 0.15) is 16.8 Å². The Labute approximate surface area is 171 Å². The van der Waals surface area contributed by atoms with Crippen LogP contribution in [0.5, 0.6) is 5.75 Å². The second-order valence-electron chi connectivity index (χ2n) is 6.23. The van der Waals surface area contributed by atoms with Crippen molar-refractivity contribution in [2.75, 3.05) is 19.5 Å². The summed E-state index contributed by atoms with van der Waals surface area (Å²) in [5, 5.41) is 11.5. The van der Waals surface area contributed by atoms with E-state index in [0.717, 1.165) is 0 Å². The van der Waals surface area contributed by atoms with Crippen LogP contribution in [0, 0.1) is 0 Å². The number of benzene rings is 2. The van der Waals surface area contributed by atoms with E-state index >= 15 is 0 Å². The maximum absolute atomic E-state index is 12.5. The van der Waals surface area contributed by atoms with Crippen LogP contribution in [0.3, 0.4) is 0 Å². The maximum atomic E-state index is 12.5. The third-order valence-electron chi connectivity index (χ3n) is 4.21. The zero-order chi connectivity index (χ0) is 21.0. The number of aromatic carboxylic acids is 1. The lowest BCUT2D eigenvalue weighted by molar-refractivity contribution is -0.127. The van der Waals surface area contributed by atoms with E-state index in [1.165, 1.54) is 40.9 Å². The molecule has 2 aromatic rings. The Bertz CT molecular complexity index is 974. The Morgan fingerprint density at radius 3 is 2.62 bits per heavy atom. The van der Waals surface area contributed by atoms with E-state index in [1.807, 2.05) is 0 Å². The molecule has 0 aromatic heterocycles. The molecule has 1 fully saturated rings. The molecule has 2 N–H and O–H groups in total. The number of carboxylic acid groups (broad SMARTS) is 1. The predicted molar refractivity (Wildman–Crippen MR) is 111 cm³/mol. The number of nitrogens with one attached hydrogen (secondary N) is 1. The first kappa shape index (κ1) is 20.4. The Balaban J connectivity index is 1.65. The van der Waals surface area contributed by atoms with Crippen molar-refractivity contribution in [2.45, 2.75) is 11.7 Å². The summed E-state index contributed by atoms with van der Waals surface area (Å²) >= 11 is 1.23. The van der Waals surface area contributed by atoms with Gasteiger partial charge in [-0.25, -0.2) is 9.79 Å². The van der Waals surface area contributed by atoms with Gasteiger partial charge in [0.25, 0.3) is 0 Å². The van der Waals surface area contributed by atoms with Gasteiger partial charge in [-0.05, 0) is 36.4 Å². The molecular weight excluding hydrogens is 394 g/mol. The van der Waals surface area contributed by atoms with Gasteiger partial charge in [0.1, 0.15) is 11.0 Å². The Morgan fingerprint density at radius 1 is 1.24 bits per heavy atom. The Hall–Kier alpha value is -3.33. The molecule has 8 nitrogen and oxygen atoms in total. The second kappa shape index (κ2) is 8.78. The summed E-state index contributed by atoms with van der Waals surface area (Å²) in [6.07, 6.45) is -0.0222. The second-order valence-corrected chi connectivity index (χ2v) is 7.40. The molecule has 2 aromatic carbocycles. The van der Waals surface area contributed by atoms with Gasteiger partial charge >= 0.3 is 5.97 Å². The quantitative estimate of drug-likeness (QED) is 0.754. The number of nitrogens with zero attached hydrogens (tertiary/aromatic N) is 2. The number of carboxylic acids is 1. The molecule has 0 aliphatic carbocycles. The standard InChI is InChI=1S/C20H19N3O5S/c1-23-18(25)16(29-20(23)22-14-4-3-5-15(10-14)28-2)11-17(24)21-13-8-6-12(7-9-13)19(26)27/h3-10,16H,11H2,1-2H3,(H,21,24)(H,26,27)/t16-/m1/s1. The number of rotatable bonds is 6. The van der Waals surface area contributed by atoms with E-state index in [4.69, 9.17) is 9.84 Å². The molecule has 29 heavy (non-hydrogen) atoms. The number of thioether (sulfide) groups is 1. The number of ether oxygens (including phenoxy) is 1. The number of carbonyl (C=O) groups excluding carboxylic acids is 2. The number of aliphatic imine (C=N–C) groups is 1. The van der Waals surface area contributed by atoms with Crippen molar-refractivity contribution in [1.82, 2.24) is 4.90 Å². The van der Waals surface area contributed by atoms with Crippen molar-refractivity contribution in [3.63, 3.8) is 0 Å². The number of hydrogen-bond donors (Lipinski definition) is 2. The lowest BCUT2D eigenvalue weighted by Gasteiger charge is -2.09. The van der Waals surface area contributed by atoms with Crippen molar-refractivity contribution in [3.8, 4) is 5.75 Å². The first-order chi connectivity index (χ1) is 13.9. The fraction of sp³-hybridized carbons (Fsp3) is 0.200. The molecule has 2 amide bonds. The number of carbonyl (C=O) groups is 3. The highest BCUT2D eigenvalue weighted by Crippen LogP contribution is 2.31. The topological polar surface area (TPSA) is 108 Å². The van der Waals surface area contributed by atoms with Crippen LogP contribution in [0.2, 0.25) is 0 Å². The van der Waals surface area contributed by atoms with Crippen molar-refractivity contribution in [3.05, 3.63) is 54.1 Å². The minimum Gasteiger partial charge on any atom is -0.497 e. The van der Waals surface area contributed by atoms with Gasteiger partial charge in [0.05, 0.1) is 18.4 Å². The molecule has 0 saturated carbocycles. The summed E-state index contributed by atoms with van der Waals surface area (Å²) in [5.74, 6) is -0.918. The number of methoxy groups -OCH3 is 1. The third kappa shape index (κ3) is 4.94. The van der Waals surface area contributed by atoms with Crippen molar-refractivity contribution in [2.24, 2.45) is 4.99 Å². The third-order valence-corrected chi connectivity index (χ3v) is 5.43. The largest absolute Gasteiger partial charge is 0.497 e. The molecule has 0 radical (unpaired) electrons. The number of hydrogen-bond acceptors (Lipinski definition) is 6. The molecule has 3 rings (SSSR count). The first-order valence-electron chi connectivity index (χ1n) is 8.67. The molecule has 9 heteroatoms. The van der Waals surface area contributed by atoms with Gasteiger partial charge in [-0.2, -0.15) is 0 Å². The van der Waals surface area contributed by atoms with Crippen LogP contribution in [0.4, 0.5) is 11.4 Å². The summed E-state index contributed by atoms with van der Waals surface area (Å²) < 4.78 is 5.18. The molecule has 1 heterocycles. The van der Waals surface area contributed by atoms with Crippen LogP contribution >= 0.6 is 11.8 Å². The van der Waals surface area contributed by atoms with E-state index in [9.17, 15) is 14.4 Å². The van der Waals surface area contributed by atoms with Gasteiger partial charge < -0.3 is 15.2 Å². The van der Waals surface area contributed by atoms with Crippen LogP contribution in [0.15, 0.2) is 53.5 Å². The number of amidine groups is 1. The molecule has 1 saturated heterocycles. The van der Waals surface area contributed by atoms with E-state index in [2.05, 4.69) is 10.3 Å². The highest BCUT2D eigenvalue weighted by atomic mass is 32.2. The highest BCUT2D eigenvalue weighted by Gasteiger charge is 2.37. The molecule has 1 aliphatic heterocycles. The molecule has 0 bridgehead atoms. The Kier molecular flexibility index (Phi) is 6.18. The van der Waals surface area contributed by atoms with Crippen molar-refractivity contribution in [1.29, 1.82) is 0 Å². The van der Waals surface area contributed by atoms with E-state index < -0.39 is 11.2 Å². The average molecular weight is 413 g/mol. The van der Waals surface area contributed by atoms with Gasteiger partial charge in [0.15, 0.2) is 5.17 Å². The monoisotopic (exact) mass is 413 g/mol. The van der Waals surface area contributed by atoms with Crippen LogP contribution in [-0.2, 0) is 9.59 Å².